The summed E-state index contributed by atoms with van der Waals surface area (Å²) >= 11 is 1.61. The second kappa shape index (κ2) is 11.1. The first-order valence-corrected chi connectivity index (χ1v) is 12.1. The van der Waals surface area contributed by atoms with E-state index in [9.17, 15) is 14.4 Å². The number of carbonyl (C=O) groups excluding carboxylic acids is 3. The molecule has 8 heteroatoms. The number of methoxy groups -OCH3 is 1. The van der Waals surface area contributed by atoms with Crippen LogP contribution >= 0.6 is 11.8 Å². The van der Waals surface area contributed by atoms with Gasteiger partial charge in [0.05, 0.1) is 25.0 Å². The van der Waals surface area contributed by atoms with E-state index in [-0.39, 0.29) is 30.0 Å². The molecule has 1 heterocycles. The predicted molar refractivity (Wildman–Crippen MR) is 136 cm³/mol. The number of nitrogens with one attached hydrogen (secondary N) is 1. The molecule has 1 aliphatic heterocycles. The third-order valence-corrected chi connectivity index (χ3v) is 6.88. The van der Waals surface area contributed by atoms with E-state index in [0.29, 0.717) is 23.5 Å². The molecule has 180 valence electrons. The number of rotatable bonds is 7. The van der Waals surface area contributed by atoms with Crippen LogP contribution in [0, 0.1) is 0 Å². The molecule has 0 aromatic heterocycles. The van der Waals surface area contributed by atoms with Crippen molar-refractivity contribution in [3.8, 4) is 5.75 Å². The molecule has 7 nitrogen and oxygen atoms in total. The van der Waals surface area contributed by atoms with Crippen molar-refractivity contribution < 1.29 is 23.9 Å². The highest BCUT2D eigenvalue weighted by atomic mass is 32.2. The molecule has 3 aromatic carbocycles. The van der Waals surface area contributed by atoms with E-state index in [1.54, 1.807) is 50.1 Å². The second-order valence-electron chi connectivity index (χ2n) is 7.88. The third kappa shape index (κ3) is 5.84. The molecule has 35 heavy (non-hydrogen) atoms. The van der Waals surface area contributed by atoms with Crippen molar-refractivity contribution in [1.82, 2.24) is 0 Å². The summed E-state index contributed by atoms with van der Waals surface area (Å²) in [6.45, 7) is 1.91. The van der Waals surface area contributed by atoms with Gasteiger partial charge in [0.15, 0.2) is 0 Å². The molecule has 0 radical (unpaired) electrons. The first-order chi connectivity index (χ1) is 17.0. The maximum atomic E-state index is 13.3. The van der Waals surface area contributed by atoms with Crippen LogP contribution < -0.4 is 15.0 Å². The molecule has 1 aliphatic rings. The lowest BCUT2D eigenvalue weighted by molar-refractivity contribution is -0.121. The molecule has 3 aromatic rings. The lowest BCUT2D eigenvalue weighted by Gasteiger charge is -2.22. The first-order valence-electron chi connectivity index (χ1n) is 11.3. The highest BCUT2D eigenvalue weighted by Crippen LogP contribution is 2.45. The monoisotopic (exact) mass is 490 g/mol. The Morgan fingerprint density at radius 2 is 1.74 bits per heavy atom. The van der Waals surface area contributed by atoms with Gasteiger partial charge in [0.25, 0.3) is 0 Å². The first kappa shape index (κ1) is 24.3. The Hall–Kier alpha value is -3.78. The number of thioether (sulfide) groups is 1. The van der Waals surface area contributed by atoms with Crippen molar-refractivity contribution >= 4 is 40.9 Å². The van der Waals surface area contributed by atoms with Gasteiger partial charge in [0.1, 0.15) is 12.3 Å². The summed E-state index contributed by atoms with van der Waals surface area (Å²) in [6, 6.07) is 21.8. The number of hydrogen-bond donors (Lipinski definition) is 1. The Labute approximate surface area is 208 Å². The van der Waals surface area contributed by atoms with Gasteiger partial charge in [0, 0.05) is 22.3 Å². The van der Waals surface area contributed by atoms with Crippen LogP contribution in [0.2, 0.25) is 0 Å². The molecule has 0 aliphatic carbocycles. The molecular formula is C27H26N2O5S. The molecule has 0 unspecified atom stereocenters. The van der Waals surface area contributed by atoms with Crippen molar-refractivity contribution in [2.45, 2.75) is 23.5 Å². The van der Waals surface area contributed by atoms with Crippen LogP contribution in [-0.2, 0) is 14.3 Å². The maximum Gasteiger partial charge on any atom is 0.338 e. The minimum Gasteiger partial charge on any atom is -0.497 e. The normalized spacial score (nSPS) is 15.1. The van der Waals surface area contributed by atoms with E-state index in [0.717, 1.165) is 16.2 Å². The van der Waals surface area contributed by atoms with Crippen molar-refractivity contribution in [2.75, 3.05) is 30.5 Å². The minimum absolute atomic E-state index is 0.0851. The van der Waals surface area contributed by atoms with E-state index in [4.69, 9.17) is 9.47 Å². The molecule has 0 saturated heterocycles. The van der Waals surface area contributed by atoms with Gasteiger partial charge in [-0.25, -0.2) is 4.79 Å². The standard InChI is InChI=1S/C27H26N2O5S/c1-3-34-27(32)19-8-12-20(13-9-19)28-25(30)17-29-22-6-4-5-7-23(22)35-24(16-26(29)31)18-10-14-21(33-2)15-11-18/h4-15,24H,3,16-17H2,1-2H3,(H,28,30)/t24-/m1/s1. The van der Waals surface area contributed by atoms with Crippen LogP contribution in [0.5, 0.6) is 5.75 Å². The van der Waals surface area contributed by atoms with Crippen molar-refractivity contribution in [1.29, 1.82) is 0 Å². The fourth-order valence-electron chi connectivity index (χ4n) is 3.80. The summed E-state index contributed by atoms with van der Waals surface area (Å²) in [6.07, 6.45) is 0.257. The molecule has 2 amide bonds. The Bertz CT molecular complexity index is 1210. The number of carbonyl (C=O) groups is 3. The van der Waals surface area contributed by atoms with E-state index in [1.807, 2.05) is 48.5 Å². The topological polar surface area (TPSA) is 84.9 Å². The second-order valence-corrected chi connectivity index (χ2v) is 9.12. The summed E-state index contributed by atoms with van der Waals surface area (Å²) < 4.78 is 10.2. The summed E-state index contributed by atoms with van der Waals surface area (Å²) in [4.78, 5) is 40.5. The molecule has 0 saturated carbocycles. The number of nitrogens with zero attached hydrogens (tertiary/aromatic N) is 1. The van der Waals surface area contributed by atoms with Gasteiger partial charge in [-0.2, -0.15) is 0 Å². The number of esters is 1. The summed E-state index contributed by atoms with van der Waals surface area (Å²) in [5.74, 6) is -0.116. The van der Waals surface area contributed by atoms with Gasteiger partial charge in [-0.3, -0.25) is 9.59 Å². The van der Waals surface area contributed by atoms with Crippen LogP contribution in [-0.4, -0.2) is 38.0 Å². The van der Waals surface area contributed by atoms with Crippen LogP contribution in [0.3, 0.4) is 0 Å². The molecule has 0 bridgehead atoms. The van der Waals surface area contributed by atoms with Gasteiger partial charge in [-0.15, -0.1) is 11.8 Å². The highest BCUT2D eigenvalue weighted by Gasteiger charge is 2.30. The van der Waals surface area contributed by atoms with Gasteiger partial charge in [-0.05, 0) is 61.0 Å². The number of ether oxygens (including phenoxy) is 2. The van der Waals surface area contributed by atoms with Crippen LogP contribution in [0.1, 0.15) is 34.5 Å². The quantitative estimate of drug-likeness (QED) is 0.465. The average molecular weight is 491 g/mol. The van der Waals surface area contributed by atoms with E-state index in [2.05, 4.69) is 5.32 Å². The Morgan fingerprint density at radius 3 is 2.43 bits per heavy atom. The number of anilines is 2. The van der Waals surface area contributed by atoms with Gasteiger partial charge >= 0.3 is 5.97 Å². The molecular weight excluding hydrogens is 464 g/mol. The zero-order chi connectivity index (χ0) is 24.8. The predicted octanol–water partition coefficient (Wildman–Crippen LogP) is 5.08. The zero-order valence-corrected chi connectivity index (χ0v) is 20.3. The number of amides is 2. The number of fused-ring (bicyclic) bond motifs is 1. The average Bonchev–Trinajstić information content (AvgIpc) is 3.01. The van der Waals surface area contributed by atoms with E-state index < -0.39 is 5.97 Å². The van der Waals surface area contributed by atoms with Gasteiger partial charge < -0.3 is 19.7 Å². The lowest BCUT2D eigenvalue weighted by Crippen LogP contribution is -2.38. The van der Waals surface area contributed by atoms with Crippen LogP contribution in [0.25, 0.3) is 0 Å². The largest absolute Gasteiger partial charge is 0.497 e. The fraction of sp³-hybridized carbons (Fsp3) is 0.222. The van der Waals surface area contributed by atoms with Gasteiger partial charge in [0.2, 0.25) is 11.8 Å². The highest BCUT2D eigenvalue weighted by molar-refractivity contribution is 7.99. The molecule has 1 atom stereocenters. The third-order valence-electron chi connectivity index (χ3n) is 5.56. The number of para-hydroxylation sites is 1. The molecule has 0 spiro atoms. The van der Waals surface area contributed by atoms with E-state index >= 15 is 0 Å². The van der Waals surface area contributed by atoms with Crippen molar-refractivity contribution in [3.63, 3.8) is 0 Å². The summed E-state index contributed by atoms with van der Waals surface area (Å²) in [5.41, 5.74) is 2.67. The van der Waals surface area contributed by atoms with Crippen molar-refractivity contribution in [3.05, 3.63) is 83.9 Å². The molecule has 0 fully saturated rings. The molecule has 1 N–H and O–H groups in total. The maximum absolute atomic E-state index is 13.3. The zero-order valence-electron chi connectivity index (χ0n) is 19.5. The van der Waals surface area contributed by atoms with Gasteiger partial charge in [-0.1, -0.05) is 24.3 Å². The van der Waals surface area contributed by atoms with Crippen molar-refractivity contribution in [2.24, 2.45) is 0 Å². The lowest BCUT2D eigenvalue weighted by atomic mass is 10.1. The summed E-state index contributed by atoms with van der Waals surface area (Å²) in [7, 11) is 1.62. The fourth-order valence-corrected chi connectivity index (χ4v) is 5.09. The number of benzene rings is 3. The van der Waals surface area contributed by atoms with E-state index in [1.165, 1.54) is 4.90 Å². The SMILES string of the molecule is CCOC(=O)c1ccc(NC(=O)CN2C(=O)C[C@H](c3ccc(OC)cc3)Sc3ccccc32)cc1. The Kier molecular flexibility index (Phi) is 7.72. The Balaban J connectivity index is 1.49. The van der Waals surface area contributed by atoms with Crippen LogP contribution in [0.15, 0.2) is 77.7 Å². The summed E-state index contributed by atoms with van der Waals surface area (Å²) in [5, 5.41) is 2.72. The molecule has 4 rings (SSSR count). The smallest absolute Gasteiger partial charge is 0.338 e. The van der Waals surface area contributed by atoms with Crippen LogP contribution in [0.4, 0.5) is 11.4 Å². The Morgan fingerprint density at radius 1 is 1.03 bits per heavy atom. The number of hydrogen-bond acceptors (Lipinski definition) is 6. The minimum atomic E-state index is -0.416.